The zero-order valence-corrected chi connectivity index (χ0v) is 16.2. The van der Waals surface area contributed by atoms with Crippen LogP contribution in [-0.4, -0.2) is 34.8 Å². The van der Waals surface area contributed by atoms with Crippen LogP contribution in [0.15, 0.2) is 53.0 Å². The molecule has 136 valence electrons. The van der Waals surface area contributed by atoms with E-state index in [9.17, 15) is 9.59 Å². The van der Waals surface area contributed by atoms with Gasteiger partial charge < -0.3 is 15.2 Å². The minimum Gasteiger partial charge on any atom is -0.351 e. The van der Waals surface area contributed by atoms with Crippen LogP contribution < -0.4 is 5.32 Å². The molecular weight excluding hydrogens is 406 g/mol. The molecule has 5 rings (SSSR count). The Morgan fingerprint density at radius 3 is 2.63 bits per heavy atom. The minimum atomic E-state index is -0.531. The van der Waals surface area contributed by atoms with E-state index in [-0.39, 0.29) is 11.8 Å². The monoisotopic (exact) mass is 423 g/mol. The third-order valence-corrected chi connectivity index (χ3v) is 6.34. The lowest BCUT2D eigenvalue weighted by atomic mass is 9.73. The van der Waals surface area contributed by atoms with Gasteiger partial charge in [0.2, 0.25) is 5.91 Å². The lowest BCUT2D eigenvalue weighted by Gasteiger charge is -2.37. The summed E-state index contributed by atoms with van der Waals surface area (Å²) < 4.78 is 0.966. The predicted octanol–water partition coefficient (Wildman–Crippen LogP) is 4.06. The van der Waals surface area contributed by atoms with Gasteiger partial charge in [0.1, 0.15) is 5.69 Å². The van der Waals surface area contributed by atoms with Crippen molar-refractivity contribution >= 4 is 44.3 Å². The maximum atomic E-state index is 12.9. The molecule has 3 aromatic rings. The van der Waals surface area contributed by atoms with Crippen LogP contribution in [0, 0.1) is 0 Å². The first-order chi connectivity index (χ1) is 13.1. The van der Waals surface area contributed by atoms with Crippen molar-refractivity contribution in [1.82, 2.24) is 9.88 Å². The Hall–Kier alpha value is -2.60. The standard InChI is InChI=1S/C21H18BrN3O2/c22-14-5-6-17-15(12-14)21(20(27)24-17)7-9-25(10-8-21)19(26)18-11-13-3-1-2-4-16(13)23-18/h1-6,11-12,23H,7-10H2,(H,24,27). The number of hydrogen-bond acceptors (Lipinski definition) is 2. The smallest absolute Gasteiger partial charge is 0.270 e. The number of aromatic amines is 1. The van der Waals surface area contributed by atoms with Crippen LogP contribution in [0.4, 0.5) is 5.69 Å². The van der Waals surface area contributed by atoms with Crippen molar-refractivity contribution in [2.75, 3.05) is 18.4 Å². The molecule has 1 aromatic heterocycles. The van der Waals surface area contributed by atoms with Gasteiger partial charge in [0.25, 0.3) is 5.91 Å². The average Bonchev–Trinajstić information content (AvgIpc) is 3.22. The molecule has 1 saturated heterocycles. The molecule has 0 unspecified atom stereocenters. The van der Waals surface area contributed by atoms with E-state index in [1.165, 1.54) is 0 Å². The predicted molar refractivity (Wildman–Crippen MR) is 108 cm³/mol. The molecule has 0 radical (unpaired) electrons. The van der Waals surface area contributed by atoms with Crippen molar-refractivity contribution in [3.05, 3.63) is 64.3 Å². The number of nitrogens with one attached hydrogen (secondary N) is 2. The van der Waals surface area contributed by atoms with Crippen LogP contribution in [0.1, 0.15) is 28.9 Å². The number of carbonyl (C=O) groups is 2. The van der Waals surface area contributed by atoms with Crippen LogP contribution in [0.5, 0.6) is 0 Å². The van der Waals surface area contributed by atoms with Gasteiger partial charge in [-0.05, 0) is 48.7 Å². The van der Waals surface area contributed by atoms with E-state index >= 15 is 0 Å². The van der Waals surface area contributed by atoms with E-state index in [1.807, 2.05) is 53.4 Å². The van der Waals surface area contributed by atoms with Gasteiger partial charge >= 0.3 is 0 Å². The molecular formula is C21H18BrN3O2. The molecule has 5 nitrogen and oxygen atoms in total. The van der Waals surface area contributed by atoms with E-state index in [4.69, 9.17) is 0 Å². The molecule has 2 aliphatic heterocycles. The summed E-state index contributed by atoms with van der Waals surface area (Å²) in [5.74, 6) is 0.0437. The fourth-order valence-corrected chi connectivity index (χ4v) is 4.69. The van der Waals surface area contributed by atoms with E-state index < -0.39 is 5.41 Å². The van der Waals surface area contributed by atoms with Crippen molar-refractivity contribution in [1.29, 1.82) is 0 Å². The highest BCUT2D eigenvalue weighted by atomic mass is 79.9. The van der Waals surface area contributed by atoms with Crippen LogP contribution in [0.25, 0.3) is 10.9 Å². The highest BCUT2D eigenvalue weighted by Crippen LogP contribution is 2.46. The number of fused-ring (bicyclic) bond motifs is 3. The Labute approximate surface area is 164 Å². The number of para-hydroxylation sites is 1. The number of hydrogen-bond donors (Lipinski definition) is 2. The fraction of sp³-hybridized carbons (Fsp3) is 0.238. The quantitative estimate of drug-likeness (QED) is 0.619. The molecule has 0 saturated carbocycles. The molecule has 2 aromatic carbocycles. The molecule has 2 N–H and O–H groups in total. The Balaban J connectivity index is 1.39. The summed E-state index contributed by atoms with van der Waals surface area (Å²) in [5.41, 5.74) is 2.96. The Bertz CT molecular complexity index is 1050. The first kappa shape index (κ1) is 16.6. The van der Waals surface area contributed by atoms with Crippen LogP contribution in [0.3, 0.4) is 0 Å². The lowest BCUT2D eigenvalue weighted by molar-refractivity contribution is -0.122. The number of nitrogens with zero attached hydrogens (tertiary/aromatic N) is 1. The molecule has 0 bridgehead atoms. The summed E-state index contributed by atoms with van der Waals surface area (Å²) in [4.78, 5) is 30.7. The second-order valence-corrected chi connectivity index (χ2v) is 8.20. The van der Waals surface area contributed by atoms with E-state index in [0.29, 0.717) is 31.6 Å². The van der Waals surface area contributed by atoms with Crippen molar-refractivity contribution in [3.63, 3.8) is 0 Å². The second kappa shape index (κ2) is 5.96. The largest absolute Gasteiger partial charge is 0.351 e. The van der Waals surface area contributed by atoms with Gasteiger partial charge in [-0.25, -0.2) is 0 Å². The SMILES string of the molecule is O=C(c1cc2ccccc2[nH]1)N1CCC2(CC1)C(=O)Nc1ccc(Br)cc12. The molecule has 2 amide bonds. The van der Waals surface area contributed by atoms with E-state index in [2.05, 4.69) is 26.2 Å². The van der Waals surface area contributed by atoms with Gasteiger partial charge in [-0.3, -0.25) is 9.59 Å². The summed E-state index contributed by atoms with van der Waals surface area (Å²) in [6.45, 7) is 1.13. The summed E-state index contributed by atoms with van der Waals surface area (Å²) in [6.07, 6.45) is 1.27. The zero-order chi connectivity index (χ0) is 18.6. The molecule has 1 spiro atoms. The number of halogens is 1. The van der Waals surface area contributed by atoms with Crippen molar-refractivity contribution in [3.8, 4) is 0 Å². The van der Waals surface area contributed by atoms with Gasteiger partial charge in [0.05, 0.1) is 5.41 Å². The normalized spacial score (nSPS) is 18.0. The number of likely N-dealkylation sites (tertiary alicyclic amines) is 1. The molecule has 6 heteroatoms. The number of carbonyl (C=O) groups excluding carboxylic acids is 2. The number of benzene rings is 2. The third-order valence-electron chi connectivity index (χ3n) is 5.84. The van der Waals surface area contributed by atoms with E-state index in [1.54, 1.807) is 0 Å². The van der Waals surface area contributed by atoms with Crippen molar-refractivity contribution in [2.24, 2.45) is 0 Å². The van der Waals surface area contributed by atoms with Gasteiger partial charge in [-0.1, -0.05) is 34.1 Å². The molecule has 3 heterocycles. The summed E-state index contributed by atoms with van der Waals surface area (Å²) in [5, 5.41) is 4.04. The molecule has 2 aliphatic rings. The Kier molecular flexibility index (Phi) is 3.65. The topological polar surface area (TPSA) is 65.2 Å². The highest BCUT2D eigenvalue weighted by molar-refractivity contribution is 9.10. The highest BCUT2D eigenvalue weighted by Gasteiger charge is 2.49. The van der Waals surface area contributed by atoms with Gasteiger partial charge in [-0.15, -0.1) is 0 Å². The molecule has 1 fully saturated rings. The number of aromatic nitrogens is 1. The van der Waals surface area contributed by atoms with Crippen molar-refractivity contribution in [2.45, 2.75) is 18.3 Å². The number of anilines is 1. The molecule has 27 heavy (non-hydrogen) atoms. The Morgan fingerprint density at radius 2 is 1.85 bits per heavy atom. The summed E-state index contributed by atoms with van der Waals surface area (Å²) >= 11 is 3.51. The minimum absolute atomic E-state index is 0.00563. The Morgan fingerprint density at radius 1 is 1.07 bits per heavy atom. The zero-order valence-electron chi connectivity index (χ0n) is 14.6. The van der Waals surface area contributed by atoms with Crippen LogP contribution >= 0.6 is 15.9 Å². The third kappa shape index (κ3) is 2.51. The first-order valence-electron chi connectivity index (χ1n) is 9.05. The lowest BCUT2D eigenvalue weighted by Crippen LogP contribution is -2.48. The van der Waals surface area contributed by atoms with Gasteiger partial charge in [0, 0.05) is 34.2 Å². The first-order valence-corrected chi connectivity index (χ1v) is 9.85. The van der Waals surface area contributed by atoms with Crippen LogP contribution in [0.2, 0.25) is 0 Å². The second-order valence-electron chi connectivity index (χ2n) is 7.29. The molecule has 0 atom stereocenters. The average molecular weight is 424 g/mol. The molecule has 0 aliphatic carbocycles. The van der Waals surface area contributed by atoms with Gasteiger partial charge in [0.15, 0.2) is 0 Å². The van der Waals surface area contributed by atoms with Gasteiger partial charge in [-0.2, -0.15) is 0 Å². The number of H-pyrrole nitrogens is 1. The maximum Gasteiger partial charge on any atom is 0.270 e. The van der Waals surface area contributed by atoms with E-state index in [0.717, 1.165) is 26.6 Å². The van der Waals surface area contributed by atoms with Crippen LogP contribution in [-0.2, 0) is 10.2 Å². The number of amides is 2. The van der Waals surface area contributed by atoms with Crippen molar-refractivity contribution < 1.29 is 9.59 Å². The number of rotatable bonds is 1. The fourth-order valence-electron chi connectivity index (χ4n) is 4.33. The maximum absolute atomic E-state index is 12.9. The summed E-state index contributed by atoms with van der Waals surface area (Å²) in [7, 11) is 0. The number of piperidine rings is 1. The summed E-state index contributed by atoms with van der Waals surface area (Å²) in [6, 6.07) is 15.7.